The van der Waals surface area contributed by atoms with Gasteiger partial charge in [0.2, 0.25) is 0 Å². The molecule has 3 rings (SSSR count). The van der Waals surface area contributed by atoms with Gasteiger partial charge in [-0.1, -0.05) is 0 Å². The number of anilines is 2. The first-order valence-electron chi connectivity index (χ1n) is 6.66. The Bertz CT molecular complexity index is 439. The molecule has 1 fully saturated rings. The standard InChI is InChI=1S/C14H21N3O/c1-16-5-7-17(8-6-16)13-9-11-3-4-15-12(11)10-14(13)18-2/h9-10,15H,3-8H2,1-2H3. The fraction of sp³-hybridized carbons (Fsp3) is 0.571. The van der Waals surface area contributed by atoms with E-state index < -0.39 is 0 Å². The summed E-state index contributed by atoms with van der Waals surface area (Å²) < 4.78 is 5.56. The number of fused-ring (bicyclic) bond motifs is 1. The average Bonchev–Trinajstić information content (AvgIpc) is 2.85. The zero-order valence-corrected chi connectivity index (χ0v) is 11.2. The summed E-state index contributed by atoms with van der Waals surface area (Å²) in [6.07, 6.45) is 1.13. The lowest BCUT2D eigenvalue weighted by atomic mass is 10.1. The van der Waals surface area contributed by atoms with Gasteiger partial charge >= 0.3 is 0 Å². The molecule has 2 aliphatic rings. The third kappa shape index (κ3) is 2.01. The molecule has 98 valence electrons. The number of likely N-dealkylation sites (N-methyl/N-ethyl adjacent to an activating group) is 1. The average molecular weight is 247 g/mol. The summed E-state index contributed by atoms with van der Waals surface area (Å²) in [4.78, 5) is 4.81. The summed E-state index contributed by atoms with van der Waals surface area (Å²) in [5.74, 6) is 0.993. The van der Waals surface area contributed by atoms with Crippen LogP contribution in [0.1, 0.15) is 5.56 Å². The first-order valence-corrected chi connectivity index (χ1v) is 6.66. The lowest BCUT2D eigenvalue weighted by Gasteiger charge is -2.35. The van der Waals surface area contributed by atoms with Gasteiger partial charge in [-0.05, 0) is 25.1 Å². The van der Waals surface area contributed by atoms with Gasteiger partial charge in [-0.2, -0.15) is 0 Å². The van der Waals surface area contributed by atoms with E-state index in [0.29, 0.717) is 0 Å². The minimum absolute atomic E-state index is 0.993. The molecule has 0 unspecified atom stereocenters. The molecule has 1 N–H and O–H groups in total. The number of hydrogen-bond donors (Lipinski definition) is 1. The van der Waals surface area contributed by atoms with Crippen molar-refractivity contribution in [2.24, 2.45) is 0 Å². The highest BCUT2D eigenvalue weighted by Gasteiger charge is 2.21. The van der Waals surface area contributed by atoms with Crippen LogP contribution in [0.25, 0.3) is 0 Å². The van der Waals surface area contributed by atoms with Crippen LogP contribution in [0.2, 0.25) is 0 Å². The Hall–Kier alpha value is -1.42. The van der Waals surface area contributed by atoms with Gasteiger partial charge in [0.25, 0.3) is 0 Å². The normalized spacial score (nSPS) is 19.6. The van der Waals surface area contributed by atoms with Crippen LogP contribution in [-0.4, -0.2) is 51.8 Å². The second-order valence-corrected chi connectivity index (χ2v) is 5.15. The van der Waals surface area contributed by atoms with Crippen LogP contribution < -0.4 is 15.0 Å². The zero-order valence-electron chi connectivity index (χ0n) is 11.2. The van der Waals surface area contributed by atoms with Crippen molar-refractivity contribution in [1.82, 2.24) is 4.90 Å². The molecule has 18 heavy (non-hydrogen) atoms. The van der Waals surface area contributed by atoms with Gasteiger partial charge < -0.3 is 19.9 Å². The SMILES string of the molecule is COc1cc2c(cc1N1CCN(C)CC1)CCN2. The molecule has 0 amide bonds. The Balaban J connectivity index is 1.90. The molecule has 0 saturated carbocycles. The molecule has 0 atom stereocenters. The maximum absolute atomic E-state index is 5.56. The van der Waals surface area contributed by atoms with E-state index in [1.807, 2.05) is 0 Å². The van der Waals surface area contributed by atoms with E-state index in [9.17, 15) is 0 Å². The van der Waals surface area contributed by atoms with Gasteiger partial charge in [-0.15, -0.1) is 0 Å². The smallest absolute Gasteiger partial charge is 0.144 e. The van der Waals surface area contributed by atoms with Crippen LogP contribution in [-0.2, 0) is 6.42 Å². The number of nitrogens with one attached hydrogen (secondary N) is 1. The first-order chi connectivity index (χ1) is 8.78. The van der Waals surface area contributed by atoms with E-state index in [0.717, 1.165) is 44.9 Å². The highest BCUT2D eigenvalue weighted by molar-refractivity contribution is 5.70. The Morgan fingerprint density at radius 1 is 1.17 bits per heavy atom. The zero-order chi connectivity index (χ0) is 12.5. The van der Waals surface area contributed by atoms with Crippen LogP contribution in [0.5, 0.6) is 5.75 Å². The van der Waals surface area contributed by atoms with Crippen molar-refractivity contribution >= 4 is 11.4 Å². The van der Waals surface area contributed by atoms with E-state index >= 15 is 0 Å². The molecule has 1 aromatic rings. The predicted molar refractivity (Wildman–Crippen MR) is 74.9 cm³/mol. The van der Waals surface area contributed by atoms with Crippen molar-refractivity contribution < 1.29 is 4.74 Å². The van der Waals surface area contributed by atoms with Crippen molar-refractivity contribution in [3.8, 4) is 5.75 Å². The molecule has 2 aliphatic heterocycles. The summed E-state index contributed by atoms with van der Waals surface area (Å²) >= 11 is 0. The lowest BCUT2D eigenvalue weighted by Crippen LogP contribution is -2.44. The van der Waals surface area contributed by atoms with Crippen LogP contribution in [0.15, 0.2) is 12.1 Å². The molecule has 0 spiro atoms. The number of rotatable bonds is 2. The molecule has 4 nitrogen and oxygen atoms in total. The minimum Gasteiger partial charge on any atom is -0.495 e. The topological polar surface area (TPSA) is 27.7 Å². The van der Waals surface area contributed by atoms with Crippen molar-refractivity contribution in [3.05, 3.63) is 17.7 Å². The van der Waals surface area contributed by atoms with Crippen molar-refractivity contribution in [2.45, 2.75) is 6.42 Å². The molecule has 1 saturated heterocycles. The second-order valence-electron chi connectivity index (χ2n) is 5.15. The van der Waals surface area contributed by atoms with Gasteiger partial charge in [0.1, 0.15) is 5.75 Å². The molecule has 0 radical (unpaired) electrons. The number of methoxy groups -OCH3 is 1. The lowest BCUT2D eigenvalue weighted by molar-refractivity contribution is 0.311. The second kappa shape index (κ2) is 4.69. The fourth-order valence-electron chi connectivity index (χ4n) is 2.77. The quantitative estimate of drug-likeness (QED) is 0.855. The Kier molecular flexibility index (Phi) is 3.04. The number of ether oxygens (including phenoxy) is 1. The van der Waals surface area contributed by atoms with Crippen molar-refractivity contribution in [1.29, 1.82) is 0 Å². The molecule has 2 heterocycles. The van der Waals surface area contributed by atoms with Gasteiger partial charge in [0, 0.05) is 44.5 Å². The maximum Gasteiger partial charge on any atom is 0.144 e. The summed E-state index contributed by atoms with van der Waals surface area (Å²) in [5, 5.41) is 3.41. The molecule has 0 aromatic heterocycles. The number of nitrogens with zero attached hydrogens (tertiary/aromatic N) is 2. The summed E-state index contributed by atoms with van der Waals surface area (Å²) in [6.45, 7) is 5.46. The predicted octanol–water partition coefficient (Wildman–Crippen LogP) is 1.42. The van der Waals surface area contributed by atoms with E-state index in [1.165, 1.54) is 16.9 Å². The third-order valence-corrected chi connectivity index (χ3v) is 3.96. The Labute approximate surface area is 109 Å². The third-order valence-electron chi connectivity index (χ3n) is 3.96. The minimum atomic E-state index is 0.993. The summed E-state index contributed by atoms with van der Waals surface area (Å²) in [6, 6.07) is 4.45. The number of hydrogen-bond acceptors (Lipinski definition) is 4. The van der Waals surface area contributed by atoms with E-state index in [4.69, 9.17) is 4.74 Å². The van der Waals surface area contributed by atoms with Gasteiger partial charge in [0.05, 0.1) is 12.8 Å². The molecule has 4 heteroatoms. The first kappa shape index (κ1) is 11.7. The highest BCUT2D eigenvalue weighted by Crippen LogP contribution is 2.36. The fourth-order valence-corrected chi connectivity index (χ4v) is 2.77. The highest BCUT2D eigenvalue weighted by atomic mass is 16.5. The van der Waals surface area contributed by atoms with Crippen LogP contribution in [0.3, 0.4) is 0 Å². The van der Waals surface area contributed by atoms with E-state index in [1.54, 1.807) is 7.11 Å². The molecule has 1 aromatic carbocycles. The van der Waals surface area contributed by atoms with Crippen molar-refractivity contribution in [2.75, 3.05) is 57.1 Å². The molecule has 0 bridgehead atoms. The van der Waals surface area contributed by atoms with Gasteiger partial charge in [-0.25, -0.2) is 0 Å². The monoisotopic (exact) mass is 247 g/mol. The van der Waals surface area contributed by atoms with Crippen LogP contribution in [0, 0.1) is 0 Å². The Morgan fingerprint density at radius 2 is 1.94 bits per heavy atom. The maximum atomic E-state index is 5.56. The number of benzene rings is 1. The molecular formula is C14H21N3O. The summed E-state index contributed by atoms with van der Waals surface area (Å²) in [7, 11) is 3.94. The molecule has 0 aliphatic carbocycles. The summed E-state index contributed by atoms with van der Waals surface area (Å²) in [5.41, 5.74) is 3.92. The molecular weight excluding hydrogens is 226 g/mol. The van der Waals surface area contributed by atoms with E-state index in [-0.39, 0.29) is 0 Å². The van der Waals surface area contributed by atoms with Crippen LogP contribution >= 0.6 is 0 Å². The largest absolute Gasteiger partial charge is 0.495 e. The number of piperazine rings is 1. The van der Waals surface area contributed by atoms with Gasteiger partial charge in [-0.3, -0.25) is 0 Å². The van der Waals surface area contributed by atoms with E-state index in [2.05, 4.69) is 34.3 Å². The van der Waals surface area contributed by atoms with Crippen LogP contribution in [0.4, 0.5) is 11.4 Å². The Morgan fingerprint density at radius 3 is 2.67 bits per heavy atom. The van der Waals surface area contributed by atoms with Gasteiger partial charge in [0.15, 0.2) is 0 Å². The van der Waals surface area contributed by atoms with Crippen molar-refractivity contribution in [3.63, 3.8) is 0 Å².